The summed E-state index contributed by atoms with van der Waals surface area (Å²) in [6, 6.07) is 1.90. The van der Waals surface area contributed by atoms with Crippen LogP contribution in [-0.4, -0.2) is 30.2 Å². The molecule has 0 amide bonds. The molecule has 0 bridgehead atoms. The summed E-state index contributed by atoms with van der Waals surface area (Å²) >= 11 is 3.44. The molecule has 0 saturated heterocycles. The standard InChI is InChI=1S/C11H13BrN2O2/c1-15-4-3-8-6-14-7-9(12)10(16-2)5-11(14)13-8/h5-7H,3-4H2,1-2H3. The summed E-state index contributed by atoms with van der Waals surface area (Å²) in [5.74, 6) is 0.788. The van der Waals surface area contributed by atoms with Gasteiger partial charge >= 0.3 is 0 Å². The molecule has 16 heavy (non-hydrogen) atoms. The fourth-order valence-corrected chi connectivity index (χ4v) is 2.02. The number of fused-ring (bicyclic) bond motifs is 1. The molecule has 2 aromatic heterocycles. The number of hydrogen-bond donors (Lipinski definition) is 0. The van der Waals surface area contributed by atoms with E-state index >= 15 is 0 Å². The molecule has 2 heterocycles. The van der Waals surface area contributed by atoms with Gasteiger partial charge in [-0.3, -0.25) is 0 Å². The number of halogens is 1. The van der Waals surface area contributed by atoms with Gasteiger partial charge in [-0.15, -0.1) is 0 Å². The van der Waals surface area contributed by atoms with E-state index in [1.54, 1.807) is 14.2 Å². The average molecular weight is 285 g/mol. The van der Waals surface area contributed by atoms with Crippen LogP contribution >= 0.6 is 15.9 Å². The van der Waals surface area contributed by atoms with Gasteiger partial charge < -0.3 is 13.9 Å². The van der Waals surface area contributed by atoms with Crippen molar-refractivity contribution in [3.63, 3.8) is 0 Å². The van der Waals surface area contributed by atoms with E-state index < -0.39 is 0 Å². The molecule has 0 atom stereocenters. The number of nitrogens with zero attached hydrogens (tertiary/aromatic N) is 2. The number of rotatable bonds is 4. The summed E-state index contributed by atoms with van der Waals surface area (Å²) in [6.45, 7) is 0.683. The van der Waals surface area contributed by atoms with Crippen molar-refractivity contribution in [2.75, 3.05) is 20.8 Å². The van der Waals surface area contributed by atoms with E-state index in [2.05, 4.69) is 20.9 Å². The van der Waals surface area contributed by atoms with E-state index in [0.29, 0.717) is 6.61 Å². The lowest BCUT2D eigenvalue weighted by Gasteiger charge is -2.02. The second-order valence-electron chi connectivity index (χ2n) is 3.43. The van der Waals surface area contributed by atoms with E-state index in [9.17, 15) is 0 Å². The van der Waals surface area contributed by atoms with E-state index in [1.807, 2.05) is 22.9 Å². The van der Waals surface area contributed by atoms with Crippen molar-refractivity contribution in [2.24, 2.45) is 0 Å². The first-order chi connectivity index (χ1) is 7.74. The van der Waals surface area contributed by atoms with Crippen molar-refractivity contribution in [2.45, 2.75) is 6.42 Å². The second-order valence-corrected chi connectivity index (χ2v) is 4.28. The zero-order valence-corrected chi connectivity index (χ0v) is 10.8. The van der Waals surface area contributed by atoms with E-state index in [0.717, 1.165) is 28.0 Å². The minimum atomic E-state index is 0.683. The van der Waals surface area contributed by atoms with Crippen LogP contribution in [0.2, 0.25) is 0 Å². The topological polar surface area (TPSA) is 35.8 Å². The van der Waals surface area contributed by atoms with Crippen molar-refractivity contribution in [3.8, 4) is 5.75 Å². The van der Waals surface area contributed by atoms with Crippen LogP contribution in [0.1, 0.15) is 5.69 Å². The molecule has 0 unspecified atom stereocenters. The highest BCUT2D eigenvalue weighted by molar-refractivity contribution is 9.10. The van der Waals surface area contributed by atoms with Crippen molar-refractivity contribution >= 4 is 21.6 Å². The Kier molecular flexibility index (Phi) is 3.46. The first kappa shape index (κ1) is 11.4. The largest absolute Gasteiger partial charge is 0.495 e. The Balaban J connectivity index is 2.37. The normalized spacial score (nSPS) is 10.9. The molecule has 0 spiro atoms. The Bertz CT molecular complexity index is 496. The Morgan fingerprint density at radius 3 is 2.88 bits per heavy atom. The van der Waals surface area contributed by atoms with E-state index in [-0.39, 0.29) is 0 Å². The lowest BCUT2D eigenvalue weighted by Crippen LogP contribution is -1.93. The average Bonchev–Trinajstić information content (AvgIpc) is 2.66. The lowest BCUT2D eigenvalue weighted by atomic mass is 10.3. The molecule has 2 aromatic rings. The van der Waals surface area contributed by atoms with Crippen LogP contribution in [0.4, 0.5) is 0 Å². The molecule has 0 saturated carbocycles. The maximum Gasteiger partial charge on any atom is 0.140 e. The molecule has 0 aromatic carbocycles. The molecule has 2 rings (SSSR count). The van der Waals surface area contributed by atoms with Gasteiger partial charge in [0, 0.05) is 32.0 Å². The molecule has 86 valence electrons. The summed E-state index contributed by atoms with van der Waals surface area (Å²) in [4.78, 5) is 4.48. The van der Waals surface area contributed by atoms with Crippen molar-refractivity contribution in [1.82, 2.24) is 9.38 Å². The van der Waals surface area contributed by atoms with Gasteiger partial charge in [0.25, 0.3) is 0 Å². The highest BCUT2D eigenvalue weighted by atomic mass is 79.9. The monoisotopic (exact) mass is 284 g/mol. The van der Waals surface area contributed by atoms with Gasteiger partial charge in [-0.05, 0) is 15.9 Å². The molecule has 4 nitrogen and oxygen atoms in total. The quantitative estimate of drug-likeness (QED) is 0.864. The summed E-state index contributed by atoms with van der Waals surface area (Å²) in [5, 5.41) is 0. The van der Waals surface area contributed by atoms with E-state index in [4.69, 9.17) is 9.47 Å². The minimum Gasteiger partial charge on any atom is -0.495 e. The molecule has 0 radical (unpaired) electrons. The number of pyridine rings is 1. The molecule has 0 aliphatic heterocycles. The predicted octanol–water partition coefficient (Wildman–Crippen LogP) is 2.29. The molecule has 0 N–H and O–H groups in total. The zero-order chi connectivity index (χ0) is 11.5. The van der Waals surface area contributed by atoms with E-state index in [1.165, 1.54) is 0 Å². The van der Waals surface area contributed by atoms with Gasteiger partial charge in [-0.1, -0.05) is 0 Å². The summed E-state index contributed by atoms with van der Waals surface area (Å²) in [7, 11) is 3.33. The Morgan fingerprint density at radius 2 is 2.19 bits per heavy atom. The van der Waals surface area contributed by atoms with Crippen molar-refractivity contribution < 1.29 is 9.47 Å². The van der Waals surface area contributed by atoms with Gasteiger partial charge in [0.15, 0.2) is 0 Å². The number of imidazole rings is 1. The Labute approximate surface area is 102 Å². The number of methoxy groups -OCH3 is 2. The molecule has 0 aliphatic rings. The molecule has 0 aliphatic carbocycles. The number of hydrogen-bond acceptors (Lipinski definition) is 3. The van der Waals surface area contributed by atoms with Gasteiger partial charge in [0.2, 0.25) is 0 Å². The maximum atomic E-state index is 5.22. The van der Waals surface area contributed by atoms with Crippen molar-refractivity contribution in [1.29, 1.82) is 0 Å². The summed E-state index contributed by atoms with van der Waals surface area (Å²) in [6.07, 6.45) is 4.76. The van der Waals surface area contributed by atoms with Crippen LogP contribution in [0.25, 0.3) is 5.65 Å². The van der Waals surface area contributed by atoms with Gasteiger partial charge in [-0.25, -0.2) is 4.98 Å². The zero-order valence-electron chi connectivity index (χ0n) is 9.24. The van der Waals surface area contributed by atoms with Gasteiger partial charge in [0.05, 0.1) is 23.9 Å². The second kappa shape index (κ2) is 4.84. The maximum absolute atomic E-state index is 5.22. The van der Waals surface area contributed by atoms with Crippen LogP contribution in [0.3, 0.4) is 0 Å². The highest BCUT2D eigenvalue weighted by Crippen LogP contribution is 2.25. The third-order valence-corrected chi connectivity index (χ3v) is 2.94. The van der Waals surface area contributed by atoms with Crippen LogP contribution in [0, 0.1) is 0 Å². The summed E-state index contributed by atoms with van der Waals surface area (Å²) in [5.41, 5.74) is 1.90. The highest BCUT2D eigenvalue weighted by Gasteiger charge is 2.06. The first-order valence-electron chi connectivity index (χ1n) is 4.94. The number of ether oxygens (including phenoxy) is 2. The minimum absolute atomic E-state index is 0.683. The first-order valence-corrected chi connectivity index (χ1v) is 5.74. The van der Waals surface area contributed by atoms with Gasteiger partial charge in [-0.2, -0.15) is 0 Å². The van der Waals surface area contributed by atoms with Gasteiger partial charge in [0.1, 0.15) is 11.4 Å². The van der Waals surface area contributed by atoms with Crippen molar-refractivity contribution in [3.05, 3.63) is 28.6 Å². The third-order valence-electron chi connectivity index (χ3n) is 2.34. The van der Waals surface area contributed by atoms with Crippen LogP contribution in [0.15, 0.2) is 22.9 Å². The smallest absolute Gasteiger partial charge is 0.140 e. The number of aromatic nitrogens is 2. The molecule has 5 heteroatoms. The fourth-order valence-electron chi connectivity index (χ4n) is 1.53. The SMILES string of the molecule is COCCc1cn2cc(Br)c(OC)cc2n1. The van der Waals surface area contributed by atoms with Crippen LogP contribution in [-0.2, 0) is 11.2 Å². The fraction of sp³-hybridized carbons (Fsp3) is 0.364. The summed E-state index contributed by atoms with van der Waals surface area (Å²) < 4.78 is 13.1. The Hall–Kier alpha value is -1.07. The van der Waals surface area contributed by atoms with Crippen LogP contribution in [0.5, 0.6) is 5.75 Å². The lowest BCUT2D eigenvalue weighted by molar-refractivity contribution is 0.201. The third kappa shape index (κ3) is 2.20. The molecular formula is C11H13BrN2O2. The predicted molar refractivity (Wildman–Crippen MR) is 65.0 cm³/mol. The molecular weight excluding hydrogens is 272 g/mol. The molecule has 0 fully saturated rings. The van der Waals surface area contributed by atoms with Crippen LogP contribution < -0.4 is 4.74 Å². The Morgan fingerprint density at radius 1 is 1.38 bits per heavy atom.